The van der Waals surface area contributed by atoms with Crippen molar-refractivity contribution in [3.63, 3.8) is 0 Å². The molecule has 0 amide bonds. The van der Waals surface area contributed by atoms with E-state index in [4.69, 9.17) is 4.74 Å². The smallest absolute Gasteiger partial charge is 0.242 e. The van der Waals surface area contributed by atoms with Gasteiger partial charge >= 0.3 is 0 Å². The van der Waals surface area contributed by atoms with Crippen LogP contribution >= 0.6 is 0 Å². The fourth-order valence-corrected chi connectivity index (χ4v) is 3.29. The van der Waals surface area contributed by atoms with Gasteiger partial charge in [0, 0.05) is 14.1 Å². The van der Waals surface area contributed by atoms with Crippen LogP contribution in [0.2, 0.25) is 0 Å². The first-order chi connectivity index (χ1) is 10.7. The zero-order valence-electron chi connectivity index (χ0n) is 14.3. The Morgan fingerprint density at radius 2 is 1.74 bits per heavy atom. The summed E-state index contributed by atoms with van der Waals surface area (Å²) in [7, 11) is -0.376. The number of hydrogen-bond donors (Lipinski definition) is 0. The summed E-state index contributed by atoms with van der Waals surface area (Å²) in [5.41, 5.74) is 4.26. The number of hydrogen-bond acceptors (Lipinski definition) is 3. The van der Waals surface area contributed by atoms with E-state index in [0.29, 0.717) is 6.61 Å². The summed E-state index contributed by atoms with van der Waals surface area (Å²) < 4.78 is 31.5. The molecule has 0 unspecified atom stereocenters. The Hall–Kier alpha value is -1.85. The highest BCUT2D eigenvalue weighted by Gasteiger charge is 2.17. The standard InChI is InChI=1S/C18H23NO3S/c1-13-9-14(2)15(3)18(10-13)22-12-16-7-6-8-17(11-16)23(20,21)19(4)5/h6-11H,12H2,1-5H3. The van der Waals surface area contributed by atoms with Gasteiger partial charge in [0.25, 0.3) is 0 Å². The zero-order chi connectivity index (χ0) is 17.2. The predicted octanol–water partition coefficient (Wildman–Crippen LogP) is 3.44. The van der Waals surface area contributed by atoms with Crippen LogP contribution in [-0.4, -0.2) is 26.8 Å². The molecule has 5 heteroatoms. The maximum absolute atomic E-state index is 12.2. The molecule has 4 nitrogen and oxygen atoms in total. The normalized spacial score (nSPS) is 11.7. The van der Waals surface area contributed by atoms with E-state index in [9.17, 15) is 8.42 Å². The molecule has 23 heavy (non-hydrogen) atoms. The lowest BCUT2D eigenvalue weighted by atomic mass is 10.1. The molecule has 0 saturated heterocycles. The summed E-state index contributed by atoms with van der Waals surface area (Å²) in [6.45, 7) is 6.45. The Morgan fingerprint density at radius 1 is 1.04 bits per heavy atom. The molecular formula is C18H23NO3S. The van der Waals surface area contributed by atoms with Crippen molar-refractivity contribution in [2.24, 2.45) is 0 Å². The Labute approximate surface area is 138 Å². The number of aryl methyl sites for hydroxylation is 2. The van der Waals surface area contributed by atoms with Crippen LogP contribution in [0.4, 0.5) is 0 Å². The molecule has 0 atom stereocenters. The third kappa shape index (κ3) is 3.92. The molecule has 0 spiro atoms. The summed E-state index contributed by atoms with van der Waals surface area (Å²) in [6.07, 6.45) is 0. The van der Waals surface area contributed by atoms with Gasteiger partial charge in [0.15, 0.2) is 0 Å². The average molecular weight is 333 g/mol. The topological polar surface area (TPSA) is 46.6 Å². The third-order valence-corrected chi connectivity index (χ3v) is 5.65. The predicted molar refractivity (Wildman–Crippen MR) is 92.3 cm³/mol. The van der Waals surface area contributed by atoms with Crippen molar-refractivity contribution in [2.45, 2.75) is 32.3 Å². The van der Waals surface area contributed by atoms with Gasteiger partial charge in [-0.3, -0.25) is 0 Å². The SMILES string of the molecule is Cc1cc(C)c(C)c(OCc2cccc(S(=O)(=O)N(C)C)c2)c1. The van der Waals surface area contributed by atoms with Crippen LogP contribution in [0.15, 0.2) is 41.3 Å². The van der Waals surface area contributed by atoms with Gasteiger partial charge in [-0.2, -0.15) is 0 Å². The highest BCUT2D eigenvalue weighted by molar-refractivity contribution is 7.89. The molecule has 0 aliphatic rings. The number of ether oxygens (including phenoxy) is 1. The third-order valence-electron chi connectivity index (χ3n) is 3.84. The number of sulfonamides is 1. The first-order valence-corrected chi connectivity index (χ1v) is 8.88. The van der Waals surface area contributed by atoms with Gasteiger partial charge in [0.2, 0.25) is 10.0 Å². The Morgan fingerprint density at radius 3 is 2.39 bits per heavy atom. The lowest BCUT2D eigenvalue weighted by Crippen LogP contribution is -2.22. The molecule has 2 aromatic rings. The fourth-order valence-electron chi connectivity index (χ4n) is 2.32. The quantitative estimate of drug-likeness (QED) is 0.842. The number of rotatable bonds is 5. The molecular weight excluding hydrogens is 310 g/mol. The molecule has 2 rings (SSSR count). The van der Waals surface area contributed by atoms with E-state index in [1.54, 1.807) is 18.2 Å². The second kappa shape index (κ2) is 6.72. The number of benzene rings is 2. The minimum absolute atomic E-state index is 0.278. The second-order valence-corrected chi connectivity index (χ2v) is 8.08. The van der Waals surface area contributed by atoms with Gasteiger partial charge in [0.05, 0.1) is 4.90 Å². The van der Waals surface area contributed by atoms with Crippen LogP contribution in [0.25, 0.3) is 0 Å². The van der Waals surface area contributed by atoms with Crippen LogP contribution in [0.1, 0.15) is 22.3 Å². The fraction of sp³-hybridized carbons (Fsp3) is 0.333. The lowest BCUT2D eigenvalue weighted by molar-refractivity contribution is 0.303. The van der Waals surface area contributed by atoms with Crippen LogP contribution in [-0.2, 0) is 16.6 Å². The average Bonchev–Trinajstić information content (AvgIpc) is 2.49. The van der Waals surface area contributed by atoms with Crippen molar-refractivity contribution in [3.8, 4) is 5.75 Å². The molecule has 0 radical (unpaired) electrons. The Balaban J connectivity index is 2.23. The van der Waals surface area contributed by atoms with Crippen LogP contribution < -0.4 is 4.74 Å². The van der Waals surface area contributed by atoms with Gasteiger partial charge in [-0.15, -0.1) is 0 Å². The van der Waals surface area contributed by atoms with E-state index in [1.165, 1.54) is 24.0 Å². The molecule has 2 aromatic carbocycles. The molecule has 0 fully saturated rings. The molecule has 0 heterocycles. The molecule has 0 saturated carbocycles. The van der Waals surface area contributed by atoms with Crippen molar-refractivity contribution < 1.29 is 13.2 Å². The van der Waals surface area contributed by atoms with Crippen molar-refractivity contribution in [3.05, 3.63) is 58.7 Å². The Bertz CT molecular complexity index is 811. The van der Waals surface area contributed by atoms with Crippen LogP contribution in [0, 0.1) is 20.8 Å². The number of nitrogens with zero attached hydrogens (tertiary/aromatic N) is 1. The van der Waals surface area contributed by atoms with Gasteiger partial charge in [-0.05, 0) is 61.2 Å². The summed E-state index contributed by atoms with van der Waals surface area (Å²) in [4.78, 5) is 0.278. The van der Waals surface area contributed by atoms with E-state index in [2.05, 4.69) is 13.0 Å². The van der Waals surface area contributed by atoms with Crippen molar-refractivity contribution in [2.75, 3.05) is 14.1 Å². The first kappa shape index (κ1) is 17.5. The molecule has 0 aliphatic carbocycles. The lowest BCUT2D eigenvalue weighted by Gasteiger charge is -2.14. The van der Waals surface area contributed by atoms with Crippen LogP contribution in [0.5, 0.6) is 5.75 Å². The van der Waals surface area contributed by atoms with Crippen molar-refractivity contribution in [1.29, 1.82) is 0 Å². The van der Waals surface area contributed by atoms with Gasteiger partial charge in [0.1, 0.15) is 12.4 Å². The zero-order valence-corrected chi connectivity index (χ0v) is 15.1. The summed E-state index contributed by atoms with van der Waals surface area (Å²) in [5, 5.41) is 0. The van der Waals surface area contributed by atoms with Gasteiger partial charge < -0.3 is 4.74 Å². The van der Waals surface area contributed by atoms with E-state index in [1.807, 2.05) is 26.0 Å². The summed E-state index contributed by atoms with van der Waals surface area (Å²) in [6, 6.07) is 11.0. The minimum atomic E-state index is -3.43. The molecule has 0 aromatic heterocycles. The van der Waals surface area contributed by atoms with Crippen molar-refractivity contribution in [1.82, 2.24) is 4.31 Å². The maximum atomic E-state index is 12.2. The summed E-state index contributed by atoms with van der Waals surface area (Å²) in [5.74, 6) is 0.836. The van der Waals surface area contributed by atoms with Gasteiger partial charge in [-0.1, -0.05) is 18.2 Å². The van der Waals surface area contributed by atoms with E-state index in [0.717, 1.165) is 22.4 Å². The second-order valence-electron chi connectivity index (χ2n) is 5.93. The van der Waals surface area contributed by atoms with Crippen molar-refractivity contribution >= 4 is 10.0 Å². The molecule has 124 valence electrons. The van der Waals surface area contributed by atoms with E-state index in [-0.39, 0.29) is 4.90 Å². The van der Waals surface area contributed by atoms with E-state index >= 15 is 0 Å². The Kier molecular flexibility index (Phi) is 5.12. The molecule has 0 bridgehead atoms. The highest BCUT2D eigenvalue weighted by atomic mass is 32.2. The molecule has 0 aliphatic heterocycles. The largest absolute Gasteiger partial charge is 0.489 e. The van der Waals surface area contributed by atoms with Gasteiger partial charge in [-0.25, -0.2) is 12.7 Å². The van der Waals surface area contributed by atoms with E-state index < -0.39 is 10.0 Å². The minimum Gasteiger partial charge on any atom is -0.489 e. The maximum Gasteiger partial charge on any atom is 0.242 e. The van der Waals surface area contributed by atoms with Crippen LogP contribution in [0.3, 0.4) is 0 Å². The monoisotopic (exact) mass is 333 g/mol. The highest BCUT2D eigenvalue weighted by Crippen LogP contribution is 2.24. The summed E-state index contributed by atoms with van der Waals surface area (Å²) >= 11 is 0. The first-order valence-electron chi connectivity index (χ1n) is 7.44. The molecule has 0 N–H and O–H groups in total.